The van der Waals surface area contributed by atoms with E-state index in [-0.39, 0.29) is 10.7 Å². The van der Waals surface area contributed by atoms with Gasteiger partial charge in [-0.15, -0.1) is 0 Å². The second-order valence-corrected chi connectivity index (χ2v) is 8.24. The number of halogens is 3. The van der Waals surface area contributed by atoms with Gasteiger partial charge in [0.2, 0.25) is 0 Å². The molecule has 2 aliphatic rings. The Hall–Kier alpha value is -1.87. The van der Waals surface area contributed by atoms with Crippen LogP contribution >= 0.6 is 12.2 Å². The highest BCUT2D eigenvalue weighted by molar-refractivity contribution is 7.80. The molecule has 0 spiro atoms. The summed E-state index contributed by atoms with van der Waals surface area (Å²) in [5.41, 5.74) is 7.38. The summed E-state index contributed by atoms with van der Waals surface area (Å²) in [6, 6.07) is 4.37. The lowest BCUT2D eigenvalue weighted by Crippen LogP contribution is -2.48. The molecule has 160 valence electrons. The molecule has 1 aliphatic heterocycles. The van der Waals surface area contributed by atoms with E-state index in [2.05, 4.69) is 27.6 Å². The van der Waals surface area contributed by atoms with Crippen molar-refractivity contribution in [3.05, 3.63) is 29.3 Å². The van der Waals surface area contributed by atoms with Crippen LogP contribution in [0.25, 0.3) is 0 Å². The number of hydrogen-bond donors (Lipinski definition) is 2. The number of nitrogens with two attached hydrogens (primary N) is 1. The second-order valence-electron chi connectivity index (χ2n) is 7.80. The highest BCUT2D eigenvalue weighted by atomic mass is 32.1. The monoisotopic (exact) mass is 427 g/mol. The van der Waals surface area contributed by atoms with Crippen LogP contribution in [0.3, 0.4) is 0 Å². The Morgan fingerprint density at radius 3 is 2.48 bits per heavy atom. The summed E-state index contributed by atoms with van der Waals surface area (Å²) in [4.78, 5) is 4.49. The van der Waals surface area contributed by atoms with Gasteiger partial charge in [-0.05, 0) is 43.1 Å². The summed E-state index contributed by atoms with van der Waals surface area (Å²) in [5, 5.41) is 3.56. The van der Waals surface area contributed by atoms with Crippen LogP contribution in [0.1, 0.15) is 43.2 Å². The Balaban J connectivity index is 1.64. The number of hydrazone groups is 1. The van der Waals surface area contributed by atoms with Crippen LogP contribution in [0.2, 0.25) is 0 Å². The van der Waals surface area contributed by atoms with Crippen molar-refractivity contribution in [2.45, 2.75) is 38.3 Å². The van der Waals surface area contributed by atoms with Crippen LogP contribution in [-0.2, 0) is 6.18 Å². The average Bonchev–Trinajstić information content (AvgIpc) is 2.68. The van der Waals surface area contributed by atoms with E-state index in [1.807, 2.05) is 4.90 Å². The smallest absolute Gasteiger partial charge is 0.375 e. The van der Waals surface area contributed by atoms with E-state index in [0.717, 1.165) is 44.9 Å². The lowest BCUT2D eigenvalue weighted by Gasteiger charge is -2.38. The maximum atomic E-state index is 13.5. The molecule has 3 rings (SSSR count). The minimum absolute atomic E-state index is 0.0269. The first-order valence-electron chi connectivity index (χ1n) is 10.1. The van der Waals surface area contributed by atoms with Gasteiger partial charge in [0.25, 0.3) is 0 Å². The van der Waals surface area contributed by atoms with E-state index in [1.165, 1.54) is 44.2 Å². The Morgan fingerprint density at radius 1 is 1.17 bits per heavy atom. The van der Waals surface area contributed by atoms with Crippen molar-refractivity contribution in [1.82, 2.24) is 10.3 Å². The van der Waals surface area contributed by atoms with Crippen molar-refractivity contribution in [1.29, 1.82) is 0 Å². The first-order valence-corrected chi connectivity index (χ1v) is 10.5. The number of piperazine rings is 1. The van der Waals surface area contributed by atoms with E-state index in [0.29, 0.717) is 5.69 Å². The fraction of sp³-hybridized carbons (Fsp3) is 0.600. The van der Waals surface area contributed by atoms with Crippen LogP contribution in [-0.4, -0.2) is 49.0 Å². The fourth-order valence-electron chi connectivity index (χ4n) is 4.19. The summed E-state index contributed by atoms with van der Waals surface area (Å²) in [6.45, 7) is 4.37. The van der Waals surface area contributed by atoms with Crippen molar-refractivity contribution in [2.24, 2.45) is 16.8 Å². The molecule has 9 heteroatoms. The molecular weight excluding hydrogens is 399 g/mol. The maximum absolute atomic E-state index is 13.5. The third kappa shape index (κ3) is 6.30. The third-order valence-electron chi connectivity index (χ3n) is 5.70. The molecule has 5 nitrogen and oxygen atoms in total. The van der Waals surface area contributed by atoms with E-state index >= 15 is 0 Å². The van der Waals surface area contributed by atoms with Crippen molar-refractivity contribution in [3.63, 3.8) is 0 Å². The molecule has 29 heavy (non-hydrogen) atoms. The summed E-state index contributed by atoms with van der Waals surface area (Å²) < 4.78 is 40.6. The lowest BCUT2D eigenvalue weighted by molar-refractivity contribution is -0.137. The van der Waals surface area contributed by atoms with Crippen molar-refractivity contribution in [2.75, 3.05) is 37.6 Å². The highest BCUT2D eigenvalue weighted by Gasteiger charge is 2.34. The molecule has 0 bridgehead atoms. The number of rotatable bonds is 5. The molecule has 0 aromatic heterocycles. The lowest BCUT2D eigenvalue weighted by atomic mass is 9.89. The van der Waals surface area contributed by atoms with Gasteiger partial charge >= 0.3 is 6.18 Å². The SMILES string of the molecule is NC(=S)NN=Cc1ccc(N2CCN(CC3CCCCC3)CC2)cc1C(F)(F)F. The quantitative estimate of drug-likeness (QED) is 0.427. The Morgan fingerprint density at radius 2 is 1.86 bits per heavy atom. The Kier molecular flexibility index (Phi) is 7.34. The largest absolute Gasteiger partial charge is 0.417 e. The van der Waals surface area contributed by atoms with Crippen molar-refractivity contribution in [3.8, 4) is 0 Å². The highest BCUT2D eigenvalue weighted by Crippen LogP contribution is 2.34. The molecule has 0 atom stereocenters. The van der Waals surface area contributed by atoms with Gasteiger partial charge in [0.15, 0.2) is 5.11 Å². The number of nitrogens with one attached hydrogen (secondary N) is 1. The first kappa shape index (κ1) is 21.8. The van der Waals surface area contributed by atoms with Gasteiger partial charge in [0.05, 0.1) is 11.8 Å². The minimum atomic E-state index is -4.47. The average molecular weight is 428 g/mol. The van der Waals surface area contributed by atoms with Crippen LogP contribution in [0.15, 0.2) is 23.3 Å². The summed E-state index contributed by atoms with van der Waals surface area (Å²) in [7, 11) is 0. The third-order valence-corrected chi connectivity index (χ3v) is 5.79. The van der Waals surface area contributed by atoms with E-state index in [9.17, 15) is 13.2 Å². The fourth-order valence-corrected chi connectivity index (χ4v) is 4.24. The van der Waals surface area contributed by atoms with Gasteiger partial charge in [0.1, 0.15) is 0 Å². The zero-order valence-corrected chi connectivity index (χ0v) is 17.2. The first-order chi connectivity index (χ1) is 13.8. The Labute approximate surface area is 175 Å². The van der Waals surface area contributed by atoms with Gasteiger partial charge in [-0.2, -0.15) is 18.3 Å². The van der Waals surface area contributed by atoms with E-state index < -0.39 is 11.7 Å². The van der Waals surface area contributed by atoms with Crippen molar-refractivity contribution < 1.29 is 13.2 Å². The van der Waals surface area contributed by atoms with Crippen molar-refractivity contribution >= 4 is 29.2 Å². The molecule has 2 fully saturated rings. The molecular formula is C20H28F3N5S. The van der Waals surface area contributed by atoms with Gasteiger partial charge in [-0.3, -0.25) is 10.3 Å². The molecule has 3 N–H and O–H groups in total. The van der Waals surface area contributed by atoms with Crippen LogP contribution < -0.4 is 16.1 Å². The number of nitrogens with zero attached hydrogens (tertiary/aromatic N) is 3. The predicted octanol–water partition coefficient (Wildman–Crippen LogP) is 3.57. The van der Waals surface area contributed by atoms with Gasteiger partial charge in [-0.1, -0.05) is 25.3 Å². The number of anilines is 1. The van der Waals surface area contributed by atoms with Crippen LogP contribution in [0, 0.1) is 5.92 Å². The zero-order valence-electron chi connectivity index (χ0n) is 16.4. The van der Waals surface area contributed by atoms with Gasteiger partial charge in [0, 0.05) is 44.0 Å². The maximum Gasteiger partial charge on any atom is 0.417 e. The Bertz CT molecular complexity index is 723. The summed E-state index contributed by atoms with van der Waals surface area (Å²) in [5.74, 6) is 0.778. The van der Waals surface area contributed by atoms with Crippen LogP contribution in [0.5, 0.6) is 0 Å². The molecule has 1 aromatic rings. The van der Waals surface area contributed by atoms with E-state index in [4.69, 9.17) is 5.73 Å². The zero-order chi connectivity index (χ0) is 20.9. The normalized spacial score (nSPS) is 19.6. The molecule has 1 aromatic carbocycles. The topological polar surface area (TPSA) is 56.9 Å². The molecule has 0 unspecified atom stereocenters. The van der Waals surface area contributed by atoms with Gasteiger partial charge < -0.3 is 10.6 Å². The van der Waals surface area contributed by atoms with E-state index in [1.54, 1.807) is 6.07 Å². The second kappa shape index (κ2) is 9.75. The molecule has 0 radical (unpaired) electrons. The van der Waals surface area contributed by atoms with Gasteiger partial charge in [-0.25, -0.2) is 0 Å². The minimum Gasteiger partial charge on any atom is -0.375 e. The number of hydrogen-bond acceptors (Lipinski definition) is 4. The summed E-state index contributed by atoms with van der Waals surface area (Å²) >= 11 is 4.60. The molecule has 1 aliphatic carbocycles. The number of thiocarbonyl (C=S) groups is 1. The predicted molar refractivity (Wildman–Crippen MR) is 114 cm³/mol. The standard InChI is InChI=1S/C20H28F3N5S/c21-20(22,23)18-12-17(7-6-16(18)13-25-26-19(24)29)28-10-8-27(9-11-28)14-15-4-2-1-3-5-15/h6-7,12-13,15H,1-5,8-11,14H2,(H3,24,26,29). The van der Waals surface area contributed by atoms with Crippen LogP contribution in [0.4, 0.5) is 18.9 Å². The molecule has 1 saturated heterocycles. The number of benzene rings is 1. The molecule has 1 saturated carbocycles. The molecule has 1 heterocycles. The molecule has 0 amide bonds. The summed E-state index contributed by atoms with van der Waals surface area (Å²) in [6.07, 6.45) is 3.24. The number of alkyl halides is 3.